The number of fused-ring (bicyclic) bond motifs is 6. The summed E-state index contributed by atoms with van der Waals surface area (Å²) in [6.45, 7) is 18.6. The quantitative estimate of drug-likeness (QED) is 0.168. The molecule has 0 bridgehead atoms. The Balaban J connectivity index is 1.24. The van der Waals surface area contributed by atoms with E-state index < -0.39 is 0 Å². The van der Waals surface area contributed by atoms with Crippen LogP contribution in [0.2, 0.25) is 0 Å². The molecular weight excluding hydrogens is 729 g/mol. The van der Waals surface area contributed by atoms with E-state index in [1.165, 1.54) is 60.9 Å². The fourth-order valence-electron chi connectivity index (χ4n) is 9.44. The molecular formula is C57H52N2O. The first kappa shape index (κ1) is 37.7. The van der Waals surface area contributed by atoms with Crippen molar-refractivity contribution in [2.45, 2.75) is 71.6 Å². The van der Waals surface area contributed by atoms with Gasteiger partial charge in [0.25, 0.3) is 0 Å². The highest BCUT2D eigenvalue weighted by atomic mass is 16.3. The second-order valence-corrected chi connectivity index (χ2v) is 19.1. The number of furan rings is 1. The summed E-state index contributed by atoms with van der Waals surface area (Å²) in [6.07, 6.45) is 1.96. The van der Waals surface area contributed by atoms with Gasteiger partial charge in [0.1, 0.15) is 12.0 Å². The summed E-state index contributed by atoms with van der Waals surface area (Å²) in [4.78, 5) is 2.42. The molecule has 0 aliphatic heterocycles. The lowest BCUT2D eigenvalue weighted by atomic mass is 9.80. The van der Waals surface area contributed by atoms with Crippen molar-refractivity contribution >= 4 is 38.9 Å². The largest absolute Gasteiger partial charge is 0.461 e. The Labute approximate surface area is 354 Å². The van der Waals surface area contributed by atoms with E-state index in [1.54, 1.807) is 0 Å². The zero-order chi connectivity index (χ0) is 41.6. The maximum atomic E-state index is 6.70. The van der Waals surface area contributed by atoms with Gasteiger partial charge in [-0.15, -0.1) is 0 Å². The molecule has 3 heteroatoms. The van der Waals surface area contributed by atoms with Gasteiger partial charge in [0.15, 0.2) is 0 Å². The molecule has 0 saturated carbocycles. The van der Waals surface area contributed by atoms with Crippen LogP contribution in [0.4, 0.5) is 17.1 Å². The van der Waals surface area contributed by atoms with E-state index in [2.05, 4.69) is 229 Å². The van der Waals surface area contributed by atoms with Crippen molar-refractivity contribution < 1.29 is 4.42 Å². The van der Waals surface area contributed by atoms with Gasteiger partial charge in [-0.2, -0.15) is 0 Å². The lowest BCUT2D eigenvalue weighted by molar-refractivity contribution is 0.568. The second kappa shape index (κ2) is 13.7. The summed E-state index contributed by atoms with van der Waals surface area (Å²) >= 11 is 0. The summed E-state index contributed by atoms with van der Waals surface area (Å²) in [7, 11) is 0. The normalized spacial score (nSPS) is 13.5. The summed E-state index contributed by atoms with van der Waals surface area (Å²) in [5.41, 5.74) is 17.7. The minimum Gasteiger partial charge on any atom is -0.461 e. The summed E-state index contributed by atoms with van der Waals surface area (Å²) < 4.78 is 9.17. The Hall–Kier alpha value is -6.58. The third-order valence-electron chi connectivity index (χ3n) is 12.8. The van der Waals surface area contributed by atoms with Crippen molar-refractivity contribution in [2.24, 2.45) is 0 Å². The monoisotopic (exact) mass is 780 g/mol. The van der Waals surface area contributed by atoms with Crippen LogP contribution in [0.25, 0.3) is 61.1 Å². The fourth-order valence-corrected chi connectivity index (χ4v) is 9.44. The molecule has 0 radical (unpaired) electrons. The van der Waals surface area contributed by atoms with Gasteiger partial charge in [0.05, 0.1) is 22.3 Å². The molecule has 0 saturated heterocycles. The van der Waals surface area contributed by atoms with Gasteiger partial charge in [0, 0.05) is 38.8 Å². The van der Waals surface area contributed by atoms with E-state index in [0.717, 1.165) is 39.5 Å². The van der Waals surface area contributed by atoms with Gasteiger partial charge in [-0.3, -0.25) is 0 Å². The molecule has 0 fully saturated rings. The van der Waals surface area contributed by atoms with E-state index in [1.807, 2.05) is 6.26 Å². The number of benzene rings is 7. The van der Waals surface area contributed by atoms with Gasteiger partial charge in [-0.1, -0.05) is 171 Å². The van der Waals surface area contributed by atoms with E-state index in [9.17, 15) is 0 Å². The average Bonchev–Trinajstić information content (AvgIpc) is 3.89. The molecule has 1 aliphatic carbocycles. The first-order chi connectivity index (χ1) is 28.8. The van der Waals surface area contributed by atoms with Crippen LogP contribution < -0.4 is 4.90 Å². The summed E-state index contributed by atoms with van der Waals surface area (Å²) in [5.74, 6) is 0.849. The van der Waals surface area contributed by atoms with Gasteiger partial charge >= 0.3 is 0 Å². The van der Waals surface area contributed by atoms with Gasteiger partial charge in [-0.05, 0) is 98.3 Å². The first-order valence-electron chi connectivity index (χ1n) is 21.3. The molecule has 7 aromatic carbocycles. The van der Waals surface area contributed by atoms with E-state index in [4.69, 9.17) is 4.42 Å². The molecule has 1 aliphatic rings. The smallest absolute Gasteiger partial charge is 0.143 e. The Morgan fingerprint density at radius 1 is 0.500 bits per heavy atom. The molecule has 296 valence electrons. The third kappa shape index (κ3) is 6.10. The standard InChI is InChI=1S/C57H52N2O/c1-55(2,3)39-31-40(56(4,5)6)33-43(32-39)59-50-26-18-16-24-46(50)47-34-41(28-30-51(47)59)58(42-27-29-45-44-23-15-17-25-48(44)57(7,8)49(45)35-42)52-36-60-54(38-21-13-10-14-22-38)53(52)37-19-11-9-12-20-37/h9-36H,1-8H3. The van der Waals surface area contributed by atoms with Crippen molar-refractivity contribution in [1.82, 2.24) is 4.57 Å². The topological polar surface area (TPSA) is 21.3 Å². The number of nitrogens with zero attached hydrogens (tertiary/aromatic N) is 2. The minimum absolute atomic E-state index is 0.00606. The van der Waals surface area contributed by atoms with Crippen LogP contribution >= 0.6 is 0 Å². The van der Waals surface area contributed by atoms with Crippen LogP contribution in [-0.2, 0) is 16.2 Å². The lowest BCUT2D eigenvalue weighted by Crippen LogP contribution is -2.17. The molecule has 0 atom stereocenters. The summed E-state index contributed by atoms with van der Waals surface area (Å²) in [5, 5.41) is 2.42. The molecule has 3 nitrogen and oxygen atoms in total. The average molecular weight is 781 g/mol. The molecule has 60 heavy (non-hydrogen) atoms. The Morgan fingerprint density at radius 3 is 1.77 bits per heavy atom. The van der Waals surface area contributed by atoms with Crippen LogP contribution in [-0.4, -0.2) is 4.57 Å². The number of para-hydroxylation sites is 1. The number of anilines is 3. The van der Waals surface area contributed by atoms with Crippen molar-refractivity contribution in [3.8, 4) is 39.3 Å². The van der Waals surface area contributed by atoms with Crippen LogP contribution in [0, 0.1) is 0 Å². The highest BCUT2D eigenvalue weighted by Gasteiger charge is 2.36. The zero-order valence-electron chi connectivity index (χ0n) is 36.0. The Kier molecular flexibility index (Phi) is 8.63. The predicted molar refractivity (Wildman–Crippen MR) is 254 cm³/mol. The van der Waals surface area contributed by atoms with E-state index in [-0.39, 0.29) is 16.2 Å². The van der Waals surface area contributed by atoms with Crippen LogP contribution in [0.1, 0.15) is 77.6 Å². The number of rotatable bonds is 6. The van der Waals surface area contributed by atoms with Crippen molar-refractivity contribution in [3.63, 3.8) is 0 Å². The zero-order valence-corrected chi connectivity index (χ0v) is 36.0. The summed E-state index contributed by atoms with van der Waals surface area (Å²) in [6, 6.07) is 60.2. The van der Waals surface area contributed by atoms with Crippen LogP contribution in [0.5, 0.6) is 0 Å². The molecule has 0 unspecified atom stereocenters. The predicted octanol–water partition coefficient (Wildman–Crippen LogP) is 16.1. The minimum atomic E-state index is -0.160. The van der Waals surface area contributed by atoms with Crippen molar-refractivity contribution in [2.75, 3.05) is 4.90 Å². The maximum Gasteiger partial charge on any atom is 0.143 e. The second-order valence-electron chi connectivity index (χ2n) is 19.1. The van der Waals surface area contributed by atoms with E-state index in [0.29, 0.717) is 0 Å². The number of aromatic nitrogens is 1. The van der Waals surface area contributed by atoms with Crippen LogP contribution in [0.15, 0.2) is 174 Å². The SMILES string of the molecule is CC(C)(C)c1cc(-n2c3ccccc3c3cc(N(c4ccc5c(c4)C(C)(C)c4ccccc4-5)c4coc(-c5ccccc5)c4-c4ccccc4)ccc32)cc(C(C)(C)C)c1. The maximum absolute atomic E-state index is 6.70. The van der Waals surface area contributed by atoms with Crippen molar-refractivity contribution in [1.29, 1.82) is 0 Å². The fraction of sp³-hybridized carbons (Fsp3) is 0.193. The Bertz CT molecular complexity index is 3040. The number of hydrogen-bond acceptors (Lipinski definition) is 2. The van der Waals surface area contributed by atoms with E-state index >= 15 is 0 Å². The molecule has 10 rings (SSSR count). The highest BCUT2D eigenvalue weighted by Crippen LogP contribution is 2.53. The van der Waals surface area contributed by atoms with Crippen LogP contribution in [0.3, 0.4) is 0 Å². The molecule has 0 amide bonds. The molecule has 0 spiro atoms. The number of hydrogen-bond donors (Lipinski definition) is 0. The van der Waals surface area contributed by atoms with Gasteiger partial charge in [-0.25, -0.2) is 0 Å². The highest BCUT2D eigenvalue weighted by molar-refractivity contribution is 6.11. The Morgan fingerprint density at radius 2 is 1.07 bits per heavy atom. The molecule has 2 heterocycles. The third-order valence-corrected chi connectivity index (χ3v) is 12.8. The molecule has 9 aromatic rings. The van der Waals surface area contributed by atoms with Gasteiger partial charge < -0.3 is 13.9 Å². The first-order valence-corrected chi connectivity index (χ1v) is 21.3. The molecule has 0 N–H and O–H groups in total. The lowest BCUT2D eigenvalue weighted by Gasteiger charge is -2.28. The van der Waals surface area contributed by atoms with Gasteiger partial charge in [0.2, 0.25) is 0 Å². The molecule has 2 aromatic heterocycles. The van der Waals surface area contributed by atoms with Crippen molar-refractivity contribution in [3.05, 3.63) is 192 Å².